The van der Waals surface area contributed by atoms with E-state index >= 15 is 0 Å². The van der Waals surface area contributed by atoms with Crippen molar-refractivity contribution in [2.75, 3.05) is 13.7 Å². The van der Waals surface area contributed by atoms with Crippen molar-refractivity contribution >= 4 is 5.78 Å². The first-order valence-electron chi connectivity index (χ1n) is 5.83. The summed E-state index contributed by atoms with van der Waals surface area (Å²) >= 11 is 0. The van der Waals surface area contributed by atoms with E-state index in [9.17, 15) is 18.0 Å². The molecule has 3 nitrogen and oxygen atoms in total. The first kappa shape index (κ1) is 15.7. The highest BCUT2D eigenvalue weighted by Crippen LogP contribution is 2.32. The van der Waals surface area contributed by atoms with Gasteiger partial charge >= 0.3 is 6.18 Å². The number of ketones is 1. The quantitative estimate of drug-likeness (QED) is 0.641. The average Bonchev–Trinajstić information content (AvgIpc) is 2.37. The summed E-state index contributed by atoms with van der Waals surface area (Å²) in [4.78, 5) is 11.9. The molecule has 0 spiro atoms. The maximum Gasteiger partial charge on any atom is 0.417 e. The van der Waals surface area contributed by atoms with Crippen molar-refractivity contribution in [3.05, 3.63) is 35.4 Å². The van der Waals surface area contributed by atoms with Crippen LogP contribution in [-0.4, -0.2) is 25.5 Å². The van der Waals surface area contributed by atoms with E-state index in [0.29, 0.717) is 19.4 Å². The number of hydrogen-bond donors (Lipinski definition) is 1. The largest absolute Gasteiger partial charge is 0.417 e. The van der Waals surface area contributed by atoms with Gasteiger partial charge in [0.05, 0.1) is 11.6 Å². The molecule has 1 rings (SSSR count). The maximum atomic E-state index is 12.8. The maximum absolute atomic E-state index is 12.8. The summed E-state index contributed by atoms with van der Waals surface area (Å²) in [6.45, 7) is 0.419. The normalized spacial score (nSPS) is 13.3. The molecule has 1 aromatic rings. The summed E-state index contributed by atoms with van der Waals surface area (Å²) in [5.74, 6) is -0.691. The number of carbonyl (C=O) groups is 1. The fourth-order valence-electron chi connectivity index (χ4n) is 1.72. The SMILES string of the molecule is COCCCC(N)C(=O)c1ccccc1C(F)(F)F. The van der Waals surface area contributed by atoms with Gasteiger partial charge in [0.1, 0.15) is 0 Å². The monoisotopic (exact) mass is 275 g/mol. The van der Waals surface area contributed by atoms with Gasteiger partial charge in [-0.1, -0.05) is 18.2 Å². The van der Waals surface area contributed by atoms with E-state index in [2.05, 4.69) is 0 Å². The van der Waals surface area contributed by atoms with Crippen LogP contribution in [0.15, 0.2) is 24.3 Å². The Morgan fingerprint density at radius 1 is 1.37 bits per heavy atom. The minimum atomic E-state index is -4.56. The van der Waals surface area contributed by atoms with E-state index in [4.69, 9.17) is 10.5 Å². The molecule has 0 heterocycles. The van der Waals surface area contributed by atoms with Crippen molar-refractivity contribution in [3.63, 3.8) is 0 Å². The predicted molar refractivity (Wildman–Crippen MR) is 64.9 cm³/mol. The Morgan fingerprint density at radius 3 is 2.58 bits per heavy atom. The number of hydrogen-bond acceptors (Lipinski definition) is 3. The summed E-state index contributed by atoms with van der Waals surface area (Å²) in [7, 11) is 1.51. The van der Waals surface area contributed by atoms with Crippen molar-refractivity contribution in [2.24, 2.45) is 5.73 Å². The van der Waals surface area contributed by atoms with Crippen molar-refractivity contribution in [2.45, 2.75) is 25.1 Å². The zero-order chi connectivity index (χ0) is 14.5. The molecule has 2 N–H and O–H groups in total. The predicted octanol–water partition coefficient (Wildman–Crippen LogP) is 2.64. The van der Waals surface area contributed by atoms with Crippen LogP contribution in [0.1, 0.15) is 28.8 Å². The molecule has 0 aromatic heterocycles. The molecule has 0 saturated carbocycles. The van der Waals surface area contributed by atoms with Crippen molar-refractivity contribution in [1.82, 2.24) is 0 Å². The molecule has 0 amide bonds. The first-order valence-corrected chi connectivity index (χ1v) is 5.83. The second-order valence-corrected chi connectivity index (χ2v) is 4.15. The second kappa shape index (κ2) is 6.68. The van der Waals surface area contributed by atoms with Crippen LogP contribution < -0.4 is 5.73 Å². The summed E-state index contributed by atoms with van der Waals surface area (Å²) in [6.07, 6.45) is -3.74. The molecule has 19 heavy (non-hydrogen) atoms. The van der Waals surface area contributed by atoms with E-state index in [1.165, 1.54) is 19.2 Å². The third-order valence-corrected chi connectivity index (χ3v) is 2.70. The number of carbonyl (C=O) groups excluding carboxylic acids is 1. The van der Waals surface area contributed by atoms with Crippen LogP contribution in [0.4, 0.5) is 13.2 Å². The van der Waals surface area contributed by atoms with Gasteiger partial charge in [-0.25, -0.2) is 0 Å². The number of alkyl halides is 3. The molecule has 0 aliphatic carbocycles. The molecule has 1 aromatic carbocycles. The van der Waals surface area contributed by atoms with Crippen LogP contribution in [0, 0.1) is 0 Å². The summed E-state index contributed by atoms with van der Waals surface area (Å²) in [5, 5.41) is 0. The third kappa shape index (κ3) is 4.33. The number of methoxy groups -OCH3 is 1. The Labute approximate surface area is 109 Å². The van der Waals surface area contributed by atoms with Crippen LogP contribution in [0.2, 0.25) is 0 Å². The van der Waals surface area contributed by atoms with Crippen molar-refractivity contribution in [3.8, 4) is 0 Å². The number of Topliss-reactive ketones (excluding diaryl/α,β-unsaturated/α-hetero) is 1. The van der Waals surface area contributed by atoms with Gasteiger partial charge in [-0.05, 0) is 18.9 Å². The molecule has 1 unspecified atom stereocenters. The zero-order valence-corrected chi connectivity index (χ0v) is 10.5. The standard InChI is InChI=1S/C13H16F3NO2/c1-19-8-4-7-11(17)12(18)9-5-2-3-6-10(9)13(14,15)16/h2-3,5-6,11H,4,7-8,17H2,1H3. The molecule has 106 valence electrons. The first-order chi connectivity index (χ1) is 8.88. The summed E-state index contributed by atoms with van der Waals surface area (Å²) in [5.41, 5.74) is 4.31. The summed E-state index contributed by atoms with van der Waals surface area (Å²) in [6, 6.07) is 3.73. The molecule has 0 saturated heterocycles. The van der Waals surface area contributed by atoms with Crippen LogP contribution in [-0.2, 0) is 10.9 Å². The number of benzene rings is 1. The Morgan fingerprint density at radius 2 is 2.00 bits per heavy atom. The van der Waals surface area contributed by atoms with Gasteiger partial charge < -0.3 is 10.5 Å². The minimum Gasteiger partial charge on any atom is -0.385 e. The summed E-state index contributed by atoms with van der Waals surface area (Å²) < 4.78 is 43.1. The highest BCUT2D eigenvalue weighted by atomic mass is 19.4. The minimum absolute atomic E-state index is 0.291. The average molecular weight is 275 g/mol. The molecular formula is C13H16F3NO2. The van der Waals surface area contributed by atoms with E-state index in [-0.39, 0.29) is 5.56 Å². The number of ether oxygens (including phenoxy) is 1. The Kier molecular flexibility index (Phi) is 5.50. The molecule has 1 atom stereocenters. The fraction of sp³-hybridized carbons (Fsp3) is 0.462. The lowest BCUT2D eigenvalue weighted by Gasteiger charge is -2.15. The van der Waals surface area contributed by atoms with E-state index < -0.39 is 23.6 Å². The molecule has 0 fully saturated rings. The molecule has 0 aliphatic heterocycles. The van der Waals surface area contributed by atoms with Gasteiger partial charge in [0.2, 0.25) is 0 Å². The van der Waals surface area contributed by atoms with Crippen LogP contribution in [0.5, 0.6) is 0 Å². The van der Waals surface area contributed by atoms with Gasteiger partial charge in [-0.3, -0.25) is 4.79 Å². The van der Waals surface area contributed by atoms with Crippen LogP contribution >= 0.6 is 0 Å². The number of rotatable bonds is 6. The van der Waals surface area contributed by atoms with Crippen molar-refractivity contribution < 1.29 is 22.7 Å². The zero-order valence-electron chi connectivity index (χ0n) is 10.5. The van der Waals surface area contributed by atoms with Crippen LogP contribution in [0.25, 0.3) is 0 Å². The van der Waals surface area contributed by atoms with Gasteiger partial charge in [0.15, 0.2) is 5.78 Å². The lowest BCUT2D eigenvalue weighted by molar-refractivity contribution is -0.137. The molecule has 6 heteroatoms. The third-order valence-electron chi connectivity index (χ3n) is 2.70. The highest BCUT2D eigenvalue weighted by molar-refractivity contribution is 6.01. The lowest BCUT2D eigenvalue weighted by atomic mass is 9.96. The Bertz CT molecular complexity index is 432. The molecular weight excluding hydrogens is 259 g/mol. The smallest absolute Gasteiger partial charge is 0.385 e. The second-order valence-electron chi connectivity index (χ2n) is 4.15. The number of halogens is 3. The van der Waals surface area contributed by atoms with E-state index in [1.54, 1.807) is 0 Å². The lowest BCUT2D eigenvalue weighted by Crippen LogP contribution is -2.32. The fourth-order valence-corrected chi connectivity index (χ4v) is 1.72. The van der Waals surface area contributed by atoms with Crippen molar-refractivity contribution in [1.29, 1.82) is 0 Å². The van der Waals surface area contributed by atoms with Gasteiger partial charge in [-0.15, -0.1) is 0 Å². The molecule has 0 bridgehead atoms. The van der Waals surface area contributed by atoms with Gasteiger partial charge in [0, 0.05) is 19.3 Å². The Balaban J connectivity index is 2.88. The van der Waals surface area contributed by atoms with Gasteiger partial charge in [-0.2, -0.15) is 13.2 Å². The molecule has 0 aliphatic rings. The molecule has 0 radical (unpaired) electrons. The van der Waals surface area contributed by atoms with Crippen LogP contribution in [0.3, 0.4) is 0 Å². The highest BCUT2D eigenvalue weighted by Gasteiger charge is 2.35. The van der Waals surface area contributed by atoms with E-state index in [0.717, 1.165) is 12.1 Å². The van der Waals surface area contributed by atoms with E-state index in [1.807, 2.05) is 0 Å². The number of nitrogens with two attached hydrogens (primary N) is 1. The Hall–Kier alpha value is -1.40. The topological polar surface area (TPSA) is 52.3 Å². The van der Waals surface area contributed by atoms with Gasteiger partial charge in [0.25, 0.3) is 0 Å².